The fourth-order valence-electron chi connectivity index (χ4n) is 1.61. The maximum atomic E-state index is 11.3. The van der Waals surface area contributed by atoms with Crippen molar-refractivity contribution in [1.82, 2.24) is 0 Å². The van der Waals surface area contributed by atoms with E-state index in [4.69, 9.17) is 14.2 Å². The van der Waals surface area contributed by atoms with Crippen LogP contribution in [0.15, 0.2) is 42.5 Å². The van der Waals surface area contributed by atoms with E-state index in [0.717, 1.165) is 5.56 Å². The molecule has 96 valence electrons. The van der Waals surface area contributed by atoms with Crippen molar-refractivity contribution in [3.05, 3.63) is 48.0 Å². The number of hydrogen-bond acceptors (Lipinski definition) is 4. The van der Waals surface area contributed by atoms with Gasteiger partial charge >= 0.3 is 5.97 Å². The standard InChI is InChI=1S/C14H16O4/c1-10(2)13(15)18-12-8-16-14(17-9-12)11-6-4-3-5-7-11/h3-7,12,14H,1,8-9H2,2H3. The Hall–Kier alpha value is -1.65. The largest absolute Gasteiger partial charge is 0.454 e. The molecule has 0 N–H and O–H groups in total. The van der Waals surface area contributed by atoms with Crippen LogP contribution < -0.4 is 0 Å². The lowest BCUT2D eigenvalue weighted by atomic mass is 10.2. The molecular weight excluding hydrogens is 232 g/mol. The van der Waals surface area contributed by atoms with Crippen LogP contribution in [-0.4, -0.2) is 25.3 Å². The van der Waals surface area contributed by atoms with Crippen molar-refractivity contribution < 1.29 is 19.0 Å². The van der Waals surface area contributed by atoms with E-state index < -0.39 is 5.97 Å². The number of carbonyl (C=O) groups excluding carboxylic acids is 1. The average Bonchev–Trinajstić information content (AvgIpc) is 2.40. The predicted octanol–water partition coefficient (Wildman–Crippen LogP) is 2.22. The average molecular weight is 248 g/mol. The van der Waals surface area contributed by atoms with Gasteiger partial charge in [-0.25, -0.2) is 4.79 Å². The van der Waals surface area contributed by atoms with Crippen molar-refractivity contribution in [2.75, 3.05) is 13.2 Å². The van der Waals surface area contributed by atoms with E-state index in [1.807, 2.05) is 30.3 Å². The van der Waals surface area contributed by atoms with Gasteiger partial charge in [-0.15, -0.1) is 0 Å². The maximum Gasteiger partial charge on any atom is 0.333 e. The molecule has 4 nitrogen and oxygen atoms in total. The van der Waals surface area contributed by atoms with Gasteiger partial charge in [0, 0.05) is 11.1 Å². The van der Waals surface area contributed by atoms with Crippen LogP contribution in [0, 0.1) is 0 Å². The van der Waals surface area contributed by atoms with Crippen LogP contribution in [0.3, 0.4) is 0 Å². The van der Waals surface area contributed by atoms with E-state index >= 15 is 0 Å². The summed E-state index contributed by atoms with van der Waals surface area (Å²) < 4.78 is 16.2. The Morgan fingerprint density at radius 3 is 2.44 bits per heavy atom. The Morgan fingerprint density at radius 2 is 1.89 bits per heavy atom. The fraction of sp³-hybridized carbons (Fsp3) is 0.357. The summed E-state index contributed by atoms with van der Waals surface area (Å²) in [5, 5.41) is 0. The minimum Gasteiger partial charge on any atom is -0.454 e. The van der Waals surface area contributed by atoms with Gasteiger partial charge in [0.05, 0.1) is 13.2 Å². The highest BCUT2D eigenvalue weighted by atomic mass is 16.7. The number of benzene rings is 1. The van der Waals surface area contributed by atoms with Gasteiger partial charge in [-0.05, 0) is 6.92 Å². The van der Waals surface area contributed by atoms with Crippen molar-refractivity contribution >= 4 is 5.97 Å². The van der Waals surface area contributed by atoms with Crippen LogP contribution in [0.5, 0.6) is 0 Å². The second-order valence-electron chi connectivity index (χ2n) is 4.22. The summed E-state index contributed by atoms with van der Waals surface area (Å²) in [6, 6.07) is 9.66. The van der Waals surface area contributed by atoms with Gasteiger partial charge in [-0.3, -0.25) is 0 Å². The van der Waals surface area contributed by atoms with Crippen LogP contribution >= 0.6 is 0 Å². The molecule has 1 aromatic carbocycles. The summed E-state index contributed by atoms with van der Waals surface area (Å²) in [6.07, 6.45) is -0.750. The van der Waals surface area contributed by atoms with Crippen molar-refractivity contribution in [2.24, 2.45) is 0 Å². The molecule has 1 aliphatic heterocycles. The van der Waals surface area contributed by atoms with Crippen molar-refractivity contribution in [2.45, 2.75) is 19.3 Å². The van der Waals surface area contributed by atoms with E-state index in [-0.39, 0.29) is 12.4 Å². The van der Waals surface area contributed by atoms with Crippen LogP contribution in [0.1, 0.15) is 18.8 Å². The number of carbonyl (C=O) groups is 1. The third kappa shape index (κ3) is 3.18. The van der Waals surface area contributed by atoms with Gasteiger partial charge in [0.2, 0.25) is 0 Å². The number of esters is 1. The smallest absolute Gasteiger partial charge is 0.333 e. The van der Waals surface area contributed by atoms with Gasteiger partial charge < -0.3 is 14.2 Å². The van der Waals surface area contributed by atoms with E-state index in [2.05, 4.69) is 6.58 Å². The second-order valence-corrected chi connectivity index (χ2v) is 4.22. The molecule has 1 aliphatic rings. The SMILES string of the molecule is C=C(C)C(=O)OC1COC(c2ccccc2)OC1. The Balaban J connectivity index is 1.85. The summed E-state index contributed by atoms with van der Waals surface area (Å²) in [5.74, 6) is -0.412. The minimum atomic E-state index is -0.412. The van der Waals surface area contributed by atoms with Crippen LogP contribution in [0.25, 0.3) is 0 Å². The molecule has 4 heteroatoms. The molecule has 0 saturated carbocycles. The molecule has 1 heterocycles. The quantitative estimate of drug-likeness (QED) is 0.607. The number of rotatable bonds is 3. The van der Waals surface area contributed by atoms with Crippen LogP contribution in [-0.2, 0) is 19.0 Å². The molecule has 0 aliphatic carbocycles. The lowest BCUT2D eigenvalue weighted by Crippen LogP contribution is -2.35. The highest BCUT2D eigenvalue weighted by Gasteiger charge is 2.26. The third-order valence-electron chi connectivity index (χ3n) is 2.56. The first-order valence-corrected chi connectivity index (χ1v) is 5.81. The summed E-state index contributed by atoms with van der Waals surface area (Å²) in [7, 11) is 0. The van der Waals surface area contributed by atoms with Gasteiger partial charge in [-0.1, -0.05) is 36.9 Å². The summed E-state index contributed by atoms with van der Waals surface area (Å²) in [4.78, 5) is 11.3. The first kappa shape index (κ1) is 12.8. The minimum absolute atomic E-state index is 0.332. The van der Waals surface area contributed by atoms with Gasteiger partial charge in [-0.2, -0.15) is 0 Å². The highest BCUT2D eigenvalue weighted by molar-refractivity contribution is 5.87. The Morgan fingerprint density at radius 1 is 1.28 bits per heavy atom. The molecule has 1 saturated heterocycles. The lowest BCUT2D eigenvalue weighted by Gasteiger charge is -2.29. The monoisotopic (exact) mass is 248 g/mol. The van der Waals surface area contributed by atoms with Crippen LogP contribution in [0.2, 0.25) is 0 Å². The molecule has 0 radical (unpaired) electrons. The van der Waals surface area contributed by atoms with E-state index in [1.54, 1.807) is 6.92 Å². The second kappa shape index (κ2) is 5.80. The molecule has 2 rings (SSSR count). The topological polar surface area (TPSA) is 44.8 Å². The van der Waals surface area contributed by atoms with Crippen molar-refractivity contribution in [1.29, 1.82) is 0 Å². The summed E-state index contributed by atoms with van der Waals surface area (Å²) >= 11 is 0. The van der Waals surface area contributed by atoms with Gasteiger partial charge in [0.25, 0.3) is 0 Å². The molecule has 18 heavy (non-hydrogen) atoms. The first-order chi connectivity index (χ1) is 8.66. The molecule has 0 amide bonds. The summed E-state index contributed by atoms with van der Waals surface area (Å²) in [6.45, 7) is 5.80. The molecule has 0 spiro atoms. The van der Waals surface area contributed by atoms with E-state index in [0.29, 0.717) is 18.8 Å². The molecule has 0 aromatic heterocycles. The molecule has 0 unspecified atom stereocenters. The normalized spacial score (nSPS) is 23.4. The Kier molecular flexibility index (Phi) is 4.12. The lowest BCUT2D eigenvalue weighted by molar-refractivity contribution is -0.228. The number of hydrogen-bond donors (Lipinski definition) is 0. The zero-order valence-electron chi connectivity index (χ0n) is 10.3. The third-order valence-corrected chi connectivity index (χ3v) is 2.56. The zero-order valence-corrected chi connectivity index (χ0v) is 10.3. The fourth-order valence-corrected chi connectivity index (χ4v) is 1.61. The van der Waals surface area contributed by atoms with Crippen molar-refractivity contribution in [3.63, 3.8) is 0 Å². The zero-order chi connectivity index (χ0) is 13.0. The van der Waals surface area contributed by atoms with Crippen LogP contribution in [0.4, 0.5) is 0 Å². The summed E-state index contributed by atoms with van der Waals surface area (Å²) in [5.41, 5.74) is 1.34. The maximum absolute atomic E-state index is 11.3. The van der Waals surface area contributed by atoms with E-state index in [1.165, 1.54) is 0 Å². The molecule has 0 bridgehead atoms. The predicted molar refractivity (Wildman–Crippen MR) is 65.8 cm³/mol. The van der Waals surface area contributed by atoms with Gasteiger partial charge in [0.15, 0.2) is 6.29 Å². The molecule has 0 atom stereocenters. The first-order valence-electron chi connectivity index (χ1n) is 5.81. The highest BCUT2D eigenvalue weighted by Crippen LogP contribution is 2.23. The number of ether oxygens (including phenoxy) is 3. The Bertz CT molecular complexity index is 419. The molecule has 1 fully saturated rings. The van der Waals surface area contributed by atoms with Crippen molar-refractivity contribution in [3.8, 4) is 0 Å². The van der Waals surface area contributed by atoms with Gasteiger partial charge in [0.1, 0.15) is 6.10 Å². The Labute approximate surface area is 106 Å². The molecule has 1 aromatic rings. The van der Waals surface area contributed by atoms with E-state index in [9.17, 15) is 4.79 Å². The molecular formula is C14H16O4.